The fraction of sp³-hybridized carbons (Fsp3) is 0.500. The Hall–Kier alpha value is -1.18. The SMILES string of the molecule is CCCC(C)(C)NS(=O)(=O)c1ccc(Cl)c([N+](=O)[O-])c1. The third-order valence-electron chi connectivity index (χ3n) is 2.71. The second-order valence-corrected chi connectivity index (χ2v) is 7.20. The molecule has 6 nitrogen and oxygen atoms in total. The van der Waals surface area contributed by atoms with E-state index < -0.39 is 26.2 Å². The minimum Gasteiger partial charge on any atom is -0.258 e. The first-order valence-electron chi connectivity index (χ1n) is 6.07. The maximum atomic E-state index is 12.2. The number of nitrogens with zero attached hydrogens (tertiary/aromatic N) is 1. The standard InChI is InChI=1S/C12H17ClN2O4S/c1-4-7-12(2,3)14-20(18,19)9-5-6-10(13)11(8-9)15(16)17/h5-6,8,14H,4,7H2,1-3H3. The summed E-state index contributed by atoms with van der Waals surface area (Å²) in [5, 5.41) is 10.7. The van der Waals surface area contributed by atoms with Crippen LogP contribution in [0.25, 0.3) is 0 Å². The van der Waals surface area contributed by atoms with Crippen LogP contribution in [0.3, 0.4) is 0 Å². The molecule has 0 bridgehead atoms. The van der Waals surface area contributed by atoms with Gasteiger partial charge in [0.15, 0.2) is 0 Å². The molecule has 20 heavy (non-hydrogen) atoms. The Kier molecular flexibility index (Phi) is 5.12. The Bertz CT molecular complexity index is 614. The first kappa shape index (κ1) is 16.9. The number of nitro groups is 1. The van der Waals surface area contributed by atoms with E-state index in [1.54, 1.807) is 13.8 Å². The number of nitro benzene ring substituents is 1. The number of rotatable bonds is 6. The molecule has 0 aliphatic heterocycles. The maximum Gasteiger partial charge on any atom is 0.289 e. The van der Waals surface area contributed by atoms with Crippen molar-refractivity contribution in [1.29, 1.82) is 0 Å². The monoisotopic (exact) mass is 320 g/mol. The highest BCUT2D eigenvalue weighted by Crippen LogP contribution is 2.27. The van der Waals surface area contributed by atoms with Crippen molar-refractivity contribution in [2.75, 3.05) is 0 Å². The van der Waals surface area contributed by atoms with Gasteiger partial charge in [-0.1, -0.05) is 24.9 Å². The van der Waals surface area contributed by atoms with Crippen LogP contribution in [0.1, 0.15) is 33.6 Å². The first-order chi connectivity index (χ1) is 9.09. The summed E-state index contributed by atoms with van der Waals surface area (Å²) in [6.07, 6.45) is 1.47. The molecule has 1 N–H and O–H groups in total. The summed E-state index contributed by atoms with van der Waals surface area (Å²) in [5.74, 6) is 0. The van der Waals surface area contributed by atoms with Gasteiger partial charge >= 0.3 is 0 Å². The van der Waals surface area contributed by atoms with E-state index in [0.717, 1.165) is 12.5 Å². The lowest BCUT2D eigenvalue weighted by Crippen LogP contribution is -2.43. The Morgan fingerprint density at radius 3 is 2.50 bits per heavy atom. The van der Waals surface area contributed by atoms with Crippen molar-refractivity contribution in [2.45, 2.75) is 44.0 Å². The summed E-state index contributed by atoms with van der Waals surface area (Å²) in [7, 11) is -3.83. The Labute approximate surface area is 123 Å². The quantitative estimate of drug-likeness (QED) is 0.644. The van der Waals surface area contributed by atoms with Crippen LogP contribution >= 0.6 is 11.6 Å². The summed E-state index contributed by atoms with van der Waals surface area (Å²) in [6.45, 7) is 5.47. The van der Waals surface area contributed by atoms with E-state index in [1.165, 1.54) is 12.1 Å². The van der Waals surface area contributed by atoms with Crippen molar-refractivity contribution in [3.63, 3.8) is 0 Å². The van der Waals surface area contributed by atoms with Gasteiger partial charge < -0.3 is 0 Å². The Morgan fingerprint density at radius 1 is 1.40 bits per heavy atom. The molecule has 0 spiro atoms. The van der Waals surface area contributed by atoms with Gasteiger partial charge in [-0.25, -0.2) is 13.1 Å². The fourth-order valence-corrected chi connectivity index (χ4v) is 3.55. The molecule has 0 radical (unpaired) electrons. The van der Waals surface area contributed by atoms with Gasteiger partial charge in [-0.3, -0.25) is 10.1 Å². The normalized spacial score (nSPS) is 12.4. The van der Waals surface area contributed by atoms with Crippen LogP contribution in [0.4, 0.5) is 5.69 Å². The number of sulfonamides is 1. The van der Waals surface area contributed by atoms with Crippen LogP contribution in [0.5, 0.6) is 0 Å². The molecule has 0 aliphatic carbocycles. The summed E-state index contributed by atoms with van der Waals surface area (Å²) < 4.78 is 27.0. The maximum absolute atomic E-state index is 12.2. The van der Waals surface area contributed by atoms with Gasteiger partial charge in [0.05, 0.1) is 9.82 Å². The van der Waals surface area contributed by atoms with Gasteiger partial charge in [0.1, 0.15) is 5.02 Å². The van der Waals surface area contributed by atoms with Gasteiger partial charge in [-0.15, -0.1) is 0 Å². The third kappa shape index (κ3) is 4.16. The number of hydrogen-bond donors (Lipinski definition) is 1. The first-order valence-corrected chi connectivity index (χ1v) is 7.93. The van der Waals surface area contributed by atoms with Gasteiger partial charge in [0.25, 0.3) is 5.69 Å². The van der Waals surface area contributed by atoms with Gasteiger partial charge in [-0.05, 0) is 32.4 Å². The van der Waals surface area contributed by atoms with E-state index in [9.17, 15) is 18.5 Å². The van der Waals surface area contributed by atoms with E-state index >= 15 is 0 Å². The predicted octanol–water partition coefficient (Wildman–Crippen LogP) is 3.11. The molecule has 1 aromatic rings. The average molecular weight is 321 g/mol. The van der Waals surface area contributed by atoms with Crippen molar-refractivity contribution in [3.8, 4) is 0 Å². The molecule has 0 unspecified atom stereocenters. The third-order valence-corrected chi connectivity index (χ3v) is 4.73. The zero-order valence-electron chi connectivity index (χ0n) is 11.5. The van der Waals surface area contributed by atoms with Crippen LogP contribution in [0.2, 0.25) is 5.02 Å². The van der Waals surface area contributed by atoms with E-state index in [1.807, 2.05) is 6.92 Å². The molecule has 0 aromatic heterocycles. The van der Waals surface area contributed by atoms with Crippen LogP contribution in [-0.4, -0.2) is 18.9 Å². The van der Waals surface area contributed by atoms with Crippen LogP contribution in [-0.2, 0) is 10.0 Å². The molecule has 0 amide bonds. The largest absolute Gasteiger partial charge is 0.289 e. The summed E-state index contributed by atoms with van der Waals surface area (Å²) in [4.78, 5) is 9.92. The minimum absolute atomic E-state index is 0.0956. The molecule has 0 saturated heterocycles. The zero-order chi connectivity index (χ0) is 15.6. The second kappa shape index (κ2) is 6.07. The molecule has 0 aliphatic rings. The highest BCUT2D eigenvalue weighted by Gasteiger charge is 2.27. The molecule has 0 fully saturated rings. The molecule has 1 rings (SSSR count). The Morgan fingerprint density at radius 2 is 2.00 bits per heavy atom. The number of halogens is 1. The van der Waals surface area contributed by atoms with E-state index in [-0.39, 0.29) is 9.92 Å². The lowest BCUT2D eigenvalue weighted by atomic mass is 10.0. The zero-order valence-corrected chi connectivity index (χ0v) is 13.1. The number of hydrogen-bond acceptors (Lipinski definition) is 4. The van der Waals surface area contributed by atoms with Crippen molar-refractivity contribution >= 4 is 27.3 Å². The van der Waals surface area contributed by atoms with Crippen molar-refractivity contribution < 1.29 is 13.3 Å². The minimum atomic E-state index is -3.83. The van der Waals surface area contributed by atoms with Crippen molar-refractivity contribution in [1.82, 2.24) is 4.72 Å². The van der Waals surface area contributed by atoms with Crippen LogP contribution in [0.15, 0.2) is 23.1 Å². The lowest BCUT2D eigenvalue weighted by molar-refractivity contribution is -0.384. The van der Waals surface area contributed by atoms with E-state index in [4.69, 9.17) is 11.6 Å². The molecular weight excluding hydrogens is 304 g/mol. The van der Waals surface area contributed by atoms with Crippen molar-refractivity contribution in [2.24, 2.45) is 0 Å². The van der Waals surface area contributed by atoms with Crippen LogP contribution < -0.4 is 4.72 Å². The predicted molar refractivity (Wildman–Crippen MR) is 77.4 cm³/mol. The number of benzene rings is 1. The molecule has 0 heterocycles. The smallest absolute Gasteiger partial charge is 0.258 e. The lowest BCUT2D eigenvalue weighted by Gasteiger charge is -2.25. The highest BCUT2D eigenvalue weighted by molar-refractivity contribution is 7.89. The van der Waals surface area contributed by atoms with E-state index in [2.05, 4.69) is 4.72 Å². The summed E-state index contributed by atoms with van der Waals surface area (Å²) in [5.41, 5.74) is -1.05. The van der Waals surface area contributed by atoms with Gasteiger partial charge in [-0.2, -0.15) is 0 Å². The van der Waals surface area contributed by atoms with Crippen molar-refractivity contribution in [3.05, 3.63) is 33.3 Å². The van der Waals surface area contributed by atoms with E-state index in [0.29, 0.717) is 6.42 Å². The summed E-state index contributed by atoms with van der Waals surface area (Å²) >= 11 is 5.67. The summed E-state index contributed by atoms with van der Waals surface area (Å²) in [6, 6.07) is 3.42. The molecule has 1 aromatic carbocycles. The fourth-order valence-electron chi connectivity index (χ4n) is 1.90. The molecule has 8 heteroatoms. The molecule has 0 saturated carbocycles. The topological polar surface area (TPSA) is 89.3 Å². The second-order valence-electron chi connectivity index (χ2n) is 5.11. The average Bonchev–Trinajstić information content (AvgIpc) is 2.26. The Balaban J connectivity index is 3.17. The molecule has 0 atom stereocenters. The highest BCUT2D eigenvalue weighted by atomic mass is 35.5. The molecule has 112 valence electrons. The van der Waals surface area contributed by atoms with Gasteiger partial charge in [0, 0.05) is 11.6 Å². The van der Waals surface area contributed by atoms with Gasteiger partial charge in [0.2, 0.25) is 10.0 Å². The number of nitrogens with one attached hydrogen (secondary N) is 1. The van der Waals surface area contributed by atoms with Crippen LogP contribution in [0, 0.1) is 10.1 Å². The molecular formula is C12H17ClN2O4S.